The average Bonchev–Trinajstić information content (AvgIpc) is 3.01. The van der Waals surface area contributed by atoms with Crippen LogP contribution in [0.25, 0.3) is 0 Å². The molecule has 0 unspecified atom stereocenters. The fourth-order valence-corrected chi connectivity index (χ4v) is 2.38. The van der Waals surface area contributed by atoms with E-state index >= 15 is 0 Å². The molecule has 1 aromatic carbocycles. The molecule has 0 spiro atoms. The highest BCUT2D eigenvalue weighted by Crippen LogP contribution is 2.18. The number of aromatic nitrogens is 2. The fourth-order valence-electron chi connectivity index (χ4n) is 1.92. The number of hydrogen-bond donors (Lipinski definition) is 2. The maximum absolute atomic E-state index is 11.8. The van der Waals surface area contributed by atoms with Crippen molar-refractivity contribution in [3.8, 4) is 0 Å². The van der Waals surface area contributed by atoms with E-state index in [0.717, 1.165) is 22.8 Å². The Labute approximate surface area is 140 Å². The molecule has 2 aromatic rings. The molecule has 124 valence electrons. The number of rotatable bonds is 7. The van der Waals surface area contributed by atoms with Gasteiger partial charge in [0.05, 0.1) is 0 Å². The van der Waals surface area contributed by atoms with Gasteiger partial charge in [0, 0.05) is 29.5 Å². The summed E-state index contributed by atoms with van der Waals surface area (Å²) in [6.07, 6.45) is 3.40. The smallest absolute Gasteiger partial charge is 0.319 e. The Morgan fingerprint density at radius 1 is 1.39 bits per heavy atom. The van der Waals surface area contributed by atoms with Crippen molar-refractivity contribution in [3.63, 3.8) is 0 Å². The van der Waals surface area contributed by atoms with Crippen LogP contribution in [-0.2, 0) is 6.42 Å². The summed E-state index contributed by atoms with van der Waals surface area (Å²) in [6, 6.07) is 7.52. The molecule has 2 amide bonds. The lowest BCUT2D eigenvalue weighted by Crippen LogP contribution is -2.29. The maximum Gasteiger partial charge on any atom is 0.319 e. The highest BCUT2D eigenvalue weighted by atomic mass is 32.2. The molecule has 0 bridgehead atoms. The van der Waals surface area contributed by atoms with Gasteiger partial charge in [-0.15, -0.1) is 11.8 Å². The van der Waals surface area contributed by atoms with Gasteiger partial charge >= 0.3 is 6.03 Å². The Morgan fingerprint density at radius 3 is 2.91 bits per heavy atom. The summed E-state index contributed by atoms with van der Waals surface area (Å²) in [5.41, 5.74) is 0.785. The van der Waals surface area contributed by atoms with Crippen molar-refractivity contribution in [1.29, 1.82) is 0 Å². The molecule has 23 heavy (non-hydrogen) atoms. The van der Waals surface area contributed by atoms with Crippen molar-refractivity contribution >= 4 is 23.5 Å². The van der Waals surface area contributed by atoms with Crippen molar-refractivity contribution in [3.05, 3.63) is 36.0 Å². The molecule has 0 atom stereocenters. The van der Waals surface area contributed by atoms with Gasteiger partial charge in [-0.05, 0) is 30.9 Å². The van der Waals surface area contributed by atoms with Crippen LogP contribution in [0.4, 0.5) is 10.5 Å². The lowest BCUT2D eigenvalue weighted by molar-refractivity contribution is 0.252. The molecule has 7 heteroatoms. The van der Waals surface area contributed by atoms with E-state index in [0.29, 0.717) is 18.9 Å². The van der Waals surface area contributed by atoms with Crippen LogP contribution in [0.1, 0.15) is 37.9 Å². The van der Waals surface area contributed by atoms with Crippen molar-refractivity contribution < 1.29 is 9.32 Å². The minimum absolute atomic E-state index is 0.211. The van der Waals surface area contributed by atoms with E-state index in [9.17, 15) is 4.79 Å². The van der Waals surface area contributed by atoms with Crippen LogP contribution < -0.4 is 10.6 Å². The highest BCUT2D eigenvalue weighted by molar-refractivity contribution is 7.98. The van der Waals surface area contributed by atoms with Gasteiger partial charge in [-0.1, -0.05) is 25.1 Å². The number of nitrogens with zero attached hydrogens (tertiary/aromatic N) is 2. The third kappa shape index (κ3) is 5.59. The first-order chi connectivity index (χ1) is 11.1. The summed E-state index contributed by atoms with van der Waals surface area (Å²) in [7, 11) is 0. The van der Waals surface area contributed by atoms with Gasteiger partial charge in [0.1, 0.15) is 0 Å². The van der Waals surface area contributed by atoms with Gasteiger partial charge in [-0.2, -0.15) is 4.98 Å². The molecule has 0 saturated carbocycles. The Hall–Kier alpha value is -2.02. The van der Waals surface area contributed by atoms with Crippen LogP contribution in [0.5, 0.6) is 0 Å². The van der Waals surface area contributed by atoms with Gasteiger partial charge < -0.3 is 15.2 Å². The Balaban J connectivity index is 1.70. The van der Waals surface area contributed by atoms with E-state index in [1.165, 1.54) is 0 Å². The Kier molecular flexibility index (Phi) is 6.46. The molecule has 6 nitrogen and oxygen atoms in total. The SMILES string of the molecule is CSc1cccc(NC(=O)NCCCc2nc(C(C)C)no2)c1. The van der Waals surface area contributed by atoms with Gasteiger partial charge in [-0.25, -0.2) is 4.79 Å². The van der Waals surface area contributed by atoms with Crippen LogP contribution >= 0.6 is 11.8 Å². The topological polar surface area (TPSA) is 80.0 Å². The maximum atomic E-state index is 11.8. The number of urea groups is 1. The standard InChI is InChI=1S/C16H22N4O2S/c1-11(2)15-19-14(22-20-15)8-5-9-17-16(21)18-12-6-4-7-13(10-12)23-3/h4,6-7,10-11H,5,8-9H2,1-3H3,(H2,17,18,21). The van der Waals surface area contributed by atoms with E-state index in [1.54, 1.807) is 11.8 Å². The molecule has 0 aliphatic rings. The molecule has 2 rings (SSSR count). The van der Waals surface area contributed by atoms with Crippen LogP contribution in [0.15, 0.2) is 33.7 Å². The zero-order valence-corrected chi connectivity index (χ0v) is 14.4. The van der Waals surface area contributed by atoms with Crippen LogP contribution in [0.2, 0.25) is 0 Å². The number of benzene rings is 1. The summed E-state index contributed by atoms with van der Waals surface area (Å²) in [6.45, 7) is 4.59. The first kappa shape index (κ1) is 17.3. The number of anilines is 1. The van der Waals surface area contributed by atoms with Gasteiger partial charge in [-0.3, -0.25) is 0 Å². The Morgan fingerprint density at radius 2 is 2.22 bits per heavy atom. The average molecular weight is 334 g/mol. The molecule has 0 aliphatic carbocycles. The van der Waals surface area contributed by atoms with Gasteiger partial charge in [0.15, 0.2) is 5.82 Å². The monoisotopic (exact) mass is 334 g/mol. The fraction of sp³-hybridized carbons (Fsp3) is 0.438. The van der Waals surface area contributed by atoms with Crippen molar-refractivity contribution in [2.24, 2.45) is 0 Å². The summed E-state index contributed by atoms with van der Waals surface area (Å²) < 4.78 is 5.16. The van der Waals surface area contributed by atoms with Gasteiger partial charge in [0.25, 0.3) is 0 Å². The summed E-state index contributed by atoms with van der Waals surface area (Å²) in [5, 5.41) is 9.56. The number of hydrogen-bond acceptors (Lipinski definition) is 5. The summed E-state index contributed by atoms with van der Waals surface area (Å²) in [5.74, 6) is 1.59. The highest BCUT2D eigenvalue weighted by Gasteiger charge is 2.09. The zero-order valence-electron chi connectivity index (χ0n) is 13.6. The molecular formula is C16H22N4O2S. The van der Waals surface area contributed by atoms with Crippen molar-refractivity contribution in [2.45, 2.75) is 37.5 Å². The van der Waals surface area contributed by atoms with Crippen LogP contribution in [-0.4, -0.2) is 29.0 Å². The number of aryl methyl sites for hydroxylation is 1. The normalized spacial score (nSPS) is 10.8. The van der Waals surface area contributed by atoms with E-state index in [4.69, 9.17) is 4.52 Å². The molecule has 0 radical (unpaired) electrons. The van der Waals surface area contributed by atoms with Crippen molar-refractivity contribution in [1.82, 2.24) is 15.5 Å². The number of amides is 2. The molecule has 0 aliphatic heterocycles. The van der Waals surface area contributed by atoms with Gasteiger partial charge in [0.2, 0.25) is 5.89 Å². The third-order valence-electron chi connectivity index (χ3n) is 3.18. The molecule has 0 saturated heterocycles. The second-order valence-electron chi connectivity index (χ2n) is 5.42. The molecular weight excluding hydrogens is 312 g/mol. The number of carbonyl (C=O) groups excluding carboxylic acids is 1. The molecule has 1 heterocycles. The zero-order chi connectivity index (χ0) is 16.7. The van der Waals surface area contributed by atoms with Crippen LogP contribution in [0, 0.1) is 0 Å². The second kappa shape index (κ2) is 8.57. The first-order valence-electron chi connectivity index (χ1n) is 7.60. The van der Waals surface area contributed by atoms with E-state index in [1.807, 2.05) is 44.4 Å². The van der Waals surface area contributed by atoms with E-state index in [-0.39, 0.29) is 11.9 Å². The predicted molar refractivity (Wildman–Crippen MR) is 92.0 cm³/mol. The molecule has 1 aromatic heterocycles. The summed E-state index contributed by atoms with van der Waals surface area (Å²) in [4.78, 5) is 17.3. The summed E-state index contributed by atoms with van der Waals surface area (Å²) >= 11 is 1.64. The van der Waals surface area contributed by atoms with E-state index < -0.39 is 0 Å². The second-order valence-corrected chi connectivity index (χ2v) is 6.30. The van der Waals surface area contributed by atoms with Crippen LogP contribution in [0.3, 0.4) is 0 Å². The lowest BCUT2D eigenvalue weighted by Gasteiger charge is -2.07. The molecule has 2 N–H and O–H groups in total. The largest absolute Gasteiger partial charge is 0.339 e. The lowest BCUT2D eigenvalue weighted by atomic mass is 10.2. The minimum atomic E-state index is -0.211. The Bertz CT molecular complexity index is 643. The van der Waals surface area contributed by atoms with Crippen molar-refractivity contribution in [2.75, 3.05) is 18.1 Å². The number of thioether (sulfide) groups is 1. The third-order valence-corrected chi connectivity index (χ3v) is 3.91. The molecule has 0 fully saturated rings. The number of nitrogens with one attached hydrogen (secondary N) is 2. The minimum Gasteiger partial charge on any atom is -0.339 e. The quantitative estimate of drug-likeness (QED) is 0.596. The first-order valence-corrected chi connectivity index (χ1v) is 8.82. The number of carbonyl (C=O) groups is 1. The van der Waals surface area contributed by atoms with E-state index in [2.05, 4.69) is 20.8 Å². The predicted octanol–water partition coefficient (Wildman–Crippen LogP) is 3.67.